The maximum Gasteiger partial charge on any atom is 0.220 e. The molecule has 0 rings (SSSR count). The fourth-order valence-corrected chi connectivity index (χ4v) is 5.94. The normalized spacial score (nSPS) is 13.3. The molecule has 260 valence electrons. The van der Waals surface area contributed by atoms with Gasteiger partial charge in [0.2, 0.25) is 5.91 Å². The van der Waals surface area contributed by atoms with E-state index in [2.05, 4.69) is 25.2 Å². The van der Waals surface area contributed by atoms with Crippen LogP contribution in [-0.4, -0.2) is 34.9 Å². The average Bonchev–Trinajstić information content (AvgIpc) is 3.03. The van der Waals surface area contributed by atoms with Gasteiger partial charge in [0, 0.05) is 6.42 Å². The molecule has 44 heavy (non-hydrogen) atoms. The van der Waals surface area contributed by atoms with Gasteiger partial charge in [0.05, 0.1) is 18.8 Å². The standard InChI is InChI=1S/C40H77NO3/c1-3-5-7-9-11-13-15-16-17-18-19-20-21-22-23-24-26-28-30-32-34-36-40(44)41-38(37-42)39(43)35-33-31-29-27-25-14-12-10-8-6-4-2/h29,31,33,35,38-39,42-43H,3-28,30,32,34,36-37H2,1-2H3,(H,41,44)/b31-29+,35-33+/t38-,39+/m0/s1. The van der Waals surface area contributed by atoms with Gasteiger partial charge in [-0.15, -0.1) is 0 Å². The van der Waals surface area contributed by atoms with Gasteiger partial charge in [-0.1, -0.05) is 205 Å². The van der Waals surface area contributed by atoms with E-state index in [1.807, 2.05) is 12.2 Å². The molecule has 1 amide bonds. The van der Waals surface area contributed by atoms with Gasteiger partial charge in [-0.2, -0.15) is 0 Å². The summed E-state index contributed by atoms with van der Waals surface area (Å²) in [5.74, 6) is -0.0798. The molecule has 0 aliphatic carbocycles. The van der Waals surface area contributed by atoms with Gasteiger partial charge in [0.1, 0.15) is 0 Å². The van der Waals surface area contributed by atoms with Crippen molar-refractivity contribution < 1.29 is 15.0 Å². The number of hydrogen-bond donors (Lipinski definition) is 3. The van der Waals surface area contributed by atoms with Gasteiger partial charge in [-0.25, -0.2) is 0 Å². The van der Waals surface area contributed by atoms with Crippen LogP contribution < -0.4 is 5.32 Å². The van der Waals surface area contributed by atoms with E-state index in [0.717, 1.165) is 19.3 Å². The number of aliphatic hydroxyl groups is 2. The predicted octanol–water partition coefficient (Wildman–Crippen LogP) is 11.7. The minimum atomic E-state index is -0.883. The van der Waals surface area contributed by atoms with E-state index in [0.29, 0.717) is 6.42 Å². The number of carbonyl (C=O) groups is 1. The lowest BCUT2D eigenvalue weighted by Gasteiger charge is -2.19. The molecule has 0 bridgehead atoms. The molecule has 0 heterocycles. The van der Waals surface area contributed by atoms with Crippen molar-refractivity contribution in [2.75, 3.05) is 6.61 Å². The Bertz CT molecular complexity index is 632. The Morgan fingerprint density at radius 2 is 0.909 bits per heavy atom. The van der Waals surface area contributed by atoms with Gasteiger partial charge in [-0.3, -0.25) is 4.79 Å². The molecule has 2 atom stereocenters. The number of unbranched alkanes of at least 4 members (excludes halogenated alkanes) is 27. The number of nitrogens with one attached hydrogen (secondary N) is 1. The molecule has 4 heteroatoms. The third-order valence-corrected chi connectivity index (χ3v) is 8.99. The summed E-state index contributed by atoms with van der Waals surface area (Å²) in [6.07, 6.45) is 45.7. The second-order valence-corrected chi connectivity index (χ2v) is 13.4. The highest BCUT2D eigenvalue weighted by Crippen LogP contribution is 2.15. The van der Waals surface area contributed by atoms with Crippen LogP contribution in [0.15, 0.2) is 24.3 Å². The minimum absolute atomic E-state index is 0.0798. The maximum atomic E-state index is 12.3. The lowest BCUT2D eigenvalue weighted by atomic mass is 10.0. The first kappa shape index (κ1) is 42.9. The van der Waals surface area contributed by atoms with E-state index in [1.165, 1.54) is 167 Å². The van der Waals surface area contributed by atoms with E-state index in [9.17, 15) is 15.0 Å². The smallest absolute Gasteiger partial charge is 0.220 e. The summed E-state index contributed by atoms with van der Waals surface area (Å²) in [6.45, 7) is 4.27. The highest BCUT2D eigenvalue weighted by molar-refractivity contribution is 5.76. The largest absolute Gasteiger partial charge is 0.394 e. The molecule has 0 aliphatic rings. The van der Waals surface area contributed by atoms with Gasteiger partial charge in [0.15, 0.2) is 0 Å². The first-order valence-corrected chi connectivity index (χ1v) is 19.6. The van der Waals surface area contributed by atoms with Crippen LogP contribution in [0.5, 0.6) is 0 Å². The first-order valence-electron chi connectivity index (χ1n) is 19.6. The lowest BCUT2D eigenvalue weighted by molar-refractivity contribution is -0.123. The molecule has 0 aromatic rings. The molecule has 0 spiro atoms. The molecule has 0 saturated heterocycles. The summed E-state index contributed by atoms with van der Waals surface area (Å²) >= 11 is 0. The number of allylic oxidation sites excluding steroid dienone is 3. The first-order chi connectivity index (χ1) is 21.7. The number of hydrogen-bond acceptors (Lipinski definition) is 3. The molecular weight excluding hydrogens is 542 g/mol. The van der Waals surface area contributed by atoms with Crippen LogP contribution in [0.1, 0.15) is 206 Å². The van der Waals surface area contributed by atoms with Crippen molar-refractivity contribution in [3.05, 3.63) is 24.3 Å². The van der Waals surface area contributed by atoms with E-state index in [-0.39, 0.29) is 12.5 Å². The Morgan fingerprint density at radius 1 is 0.545 bits per heavy atom. The molecule has 0 unspecified atom stereocenters. The van der Waals surface area contributed by atoms with Gasteiger partial charge in [0.25, 0.3) is 0 Å². The molecule has 0 saturated carbocycles. The number of aliphatic hydroxyl groups excluding tert-OH is 2. The monoisotopic (exact) mass is 620 g/mol. The second-order valence-electron chi connectivity index (χ2n) is 13.4. The summed E-state index contributed by atoms with van der Waals surface area (Å²) in [4.78, 5) is 12.3. The summed E-state index contributed by atoms with van der Waals surface area (Å²) in [5, 5.41) is 22.8. The molecule has 0 radical (unpaired) electrons. The van der Waals surface area contributed by atoms with Crippen molar-refractivity contribution in [2.24, 2.45) is 0 Å². The molecule has 0 aromatic carbocycles. The van der Waals surface area contributed by atoms with Crippen molar-refractivity contribution >= 4 is 5.91 Å². The Balaban J connectivity index is 3.55. The Kier molecular flexibility index (Phi) is 35.4. The SMILES string of the molecule is CCCCCCCCC/C=C/C=C/[C@@H](O)[C@H](CO)NC(=O)CCCCCCCCCCCCCCCCCCCCCCC. The second kappa shape index (κ2) is 36.3. The highest BCUT2D eigenvalue weighted by Gasteiger charge is 2.17. The van der Waals surface area contributed by atoms with Gasteiger partial charge >= 0.3 is 0 Å². The van der Waals surface area contributed by atoms with E-state index >= 15 is 0 Å². The summed E-state index contributed by atoms with van der Waals surface area (Å²) < 4.78 is 0. The fourth-order valence-electron chi connectivity index (χ4n) is 5.94. The predicted molar refractivity (Wildman–Crippen MR) is 193 cm³/mol. The molecule has 0 aromatic heterocycles. The van der Waals surface area contributed by atoms with Crippen molar-refractivity contribution in [1.82, 2.24) is 5.32 Å². The van der Waals surface area contributed by atoms with Crippen molar-refractivity contribution in [3.63, 3.8) is 0 Å². The van der Waals surface area contributed by atoms with Crippen molar-refractivity contribution in [2.45, 2.75) is 219 Å². The number of carbonyl (C=O) groups excluding carboxylic acids is 1. The zero-order valence-electron chi connectivity index (χ0n) is 29.7. The maximum absolute atomic E-state index is 12.3. The Morgan fingerprint density at radius 3 is 1.30 bits per heavy atom. The van der Waals surface area contributed by atoms with Gasteiger partial charge < -0.3 is 15.5 Å². The zero-order chi connectivity index (χ0) is 32.2. The van der Waals surface area contributed by atoms with Crippen LogP contribution in [0.2, 0.25) is 0 Å². The van der Waals surface area contributed by atoms with Crippen LogP contribution in [0.25, 0.3) is 0 Å². The van der Waals surface area contributed by atoms with Crippen molar-refractivity contribution in [3.8, 4) is 0 Å². The Hall–Kier alpha value is -1.13. The molecular formula is C40H77NO3. The molecule has 0 fully saturated rings. The van der Waals surface area contributed by atoms with Gasteiger partial charge in [-0.05, 0) is 19.3 Å². The molecule has 4 nitrogen and oxygen atoms in total. The molecule has 0 aliphatic heterocycles. The lowest BCUT2D eigenvalue weighted by Crippen LogP contribution is -2.45. The zero-order valence-corrected chi connectivity index (χ0v) is 29.7. The summed E-state index contributed by atoms with van der Waals surface area (Å²) in [5.41, 5.74) is 0. The van der Waals surface area contributed by atoms with Crippen LogP contribution in [0.3, 0.4) is 0 Å². The van der Waals surface area contributed by atoms with E-state index < -0.39 is 12.1 Å². The Labute approximate surface area is 275 Å². The fraction of sp³-hybridized carbons (Fsp3) is 0.875. The van der Waals surface area contributed by atoms with Crippen LogP contribution in [-0.2, 0) is 4.79 Å². The van der Waals surface area contributed by atoms with Crippen LogP contribution >= 0.6 is 0 Å². The van der Waals surface area contributed by atoms with Crippen LogP contribution in [0.4, 0.5) is 0 Å². The number of amides is 1. The average molecular weight is 620 g/mol. The third-order valence-electron chi connectivity index (χ3n) is 8.99. The molecule has 3 N–H and O–H groups in total. The quantitative estimate of drug-likeness (QED) is 0.0488. The topological polar surface area (TPSA) is 69.6 Å². The third kappa shape index (κ3) is 32.3. The summed E-state index contributed by atoms with van der Waals surface area (Å²) in [7, 11) is 0. The van der Waals surface area contributed by atoms with E-state index in [4.69, 9.17) is 0 Å². The highest BCUT2D eigenvalue weighted by atomic mass is 16.3. The van der Waals surface area contributed by atoms with E-state index in [1.54, 1.807) is 6.08 Å². The summed E-state index contributed by atoms with van der Waals surface area (Å²) in [6, 6.07) is -0.648. The van der Waals surface area contributed by atoms with Crippen LogP contribution in [0, 0.1) is 0 Å². The number of rotatable bonds is 35. The van der Waals surface area contributed by atoms with Crippen molar-refractivity contribution in [1.29, 1.82) is 0 Å². The minimum Gasteiger partial charge on any atom is -0.394 e.